The number of hydrogen-bond donors (Lipinski definition) is 1. The van der Waals surface area contributed by atoms with Gasteiger partial charge in [0.1, 0.15) is 23.2 Å². The van der Waals surface area contributed by atoms with E-state index in [1.54, 1.807) is 0 Å². The molecule has 2 aromatic carbocycles. The highest BCUT2D eigenvalue weighted by Crippen LogP contribution is 2.46. The number of morpholine rings is 1. The molecule has 0 bridgehead atoms. The van der Waals surface area contributed by atoms with Crippen molar-refractivity contribution < 1.29 is 31.5 Å². The van der Waals surface area contributed by atoms with Crippen LogP contribution in [0, 0.1) is 23.3 Å². The number of nitrogens with one attached hydrogen (secondary N) is 1. The molecule has 3 aromatic rings. The number of amides is 1. The van der Waals surface area contributed by atoms with Crippen molar-refractivity contribution >= 4 is 28.9 Å². The van der Waals surface area contributed by atoms with Gasteiger partial charge in [-0.1, -0.05) is 0 Å². The van der Waals surface area contributed by atoms with E-state index in [0.717, 1.165) is 29.8 Å². The van der Waals surface area contributed by atoms with Gasteiger partial charge in [-0.15, -0.1) is 0 Å². The number of carbonyl (C=O) groups excluding carboxylic acids is 1. The van der Waals surface area contributed by atoms with Crippen molar-refractivity contribution in [2.75, 3.05) is 38.3 Å². The molecular formula is C27H25ClF4N4O3. The first-order valence-corrected chi connectivity index (χ1v) is 12.6. The predicted molar refractivity (Wildman–Crippen MR) is 137 cm³/mol. The first-order valence-electron chi connectivity index (χ1n) is 12.2. The SMILES string of the molecule is CN1CCO[C@@H](CNC(=O)[C@]2(C)[C@@H](c3ccc(Cl)o3)C(c3ccc(F)cc3F)=NN2c2ccc(F)cc2F)C1. The molecule has 0 spiro atoms. The zero-order valence-corrected chi connectivity index (χ0v) is 21.8. The highest BCUT2D eigenvalue weighted by Gasteiger charge is 2.57. The largest absolute Gasteiger partial charge is 0.449 e. The van der Waals surface area contributed by atoms with Crippen LogP contribution in [0.3, 0.4) is 0 Å². The summed E-state index contributed by atoms with van der Waals surface area (Å²) in [4.78, 5) is 16.1. The smallest absolute Gasteiger partial charge is 0.249 e. The second-order valence-corrected chi connectivity index (χ2v) is 10.1. The molecule has 3 atom stereocenters. The molecule has 0 aliphatic carbocycles. The summed E-state index contributed by atoms with van der Waals surface area (Å²) in [6.45, 7) is 3.43. The van der Waals surface area contributed by atoms with Crippen LogP contribution >= 0.6 is 11.6 Å². The topological polar surface area (TPSA) is 70.3 Å². The summed E-state index contributed by atoms with van der Waals surface area (Å²) in [6, 6.07) is 8.66. The predicted octanol–water partition coefficient (Wildman–Crippen LogP) is 4.70. The average Bonchev–Trinajstić information content (AvgIpc) is 3.43. The van der Waals surface area contributed by atoms with Gasteiger partial charge in [-0.2, -0.15) is 5.10 Å². The van der Waals surface area contributed by atoms with E-state index < -0.39 is 40.6 Å². The molecule has 12 heteroatoms. The van der Waals surface area contributed by atoms with E-state index in [1.165, 1.54) is 25.1 Å². The summed E-state index contributed by atoms with van der Waals surface area (Å²) >= 11 is 6.06. The first kappa shape index (κ1) is 27.2. The van der Waals surface area contributed by atoms with Crippen molar-refractivity contribution in [3.05, 3.63) is 88.3 Å². The molecule has 39 heavy (non-hydrogen) atoms. The third kappa shape index (κ3) is 5.13. The van der Waals surface area contributed by atoms with E-state index in [2.05, 4.69) is 15.3 Å². The summed E-state index contributed by atoms with van der Waals surface area (Å²) < 4.78 is 69.3. The second kappa shape index (κ2) is 10.6. The molecule has 206 valence electrons. The van der Waals surface area contributed by atoms with E-state index in [0.29, 0.717) is 25.3 Å². The Morgan fingerprint density at radius 1 is 1.10 bits per heavy atom. The minimum absolute atomic E-state index is 0.00302. The fraction of sp³-hybridized carbons (Fsp3) is 0.333. The van der Waals surface area contributed by atoms with E-state index in [4.69, 9.17) is 20.8 Å². The van der Waals surface area contributed by atoms with Crippen LogP contribution in [0.15, 0.2) is 58.0 Å². The number of ether oxygens (including phenoxy) is 1. The number of rotatable bonds is 6. The molecule has 3 heterocycles. The van der Waals surface area contributed by atoms with Crippen molar-refractivity contribution in [3.63, 3.8) is 0 Å². The Kier molecular flexibility index (Phi) is 7.41. The summed E-state index contributed by atoms with van der Waals surface area (Å²) in [6.07, 6.45) is -0.305. The van der Waals surface area contributed by atoms with Crippen molar-refractivity contribution in [3.8, 4) is 0 Å². The van der Waals surface area contributed by atoms with Gasteiger partial charge in [0, 0.05) is 37.3 Å². The van der Waals surface area contributed by atoms with Gasteiger partial charge >= 0.3 is 0 Å². The lowest BCUT2D eigenvalue weighted by molar-refractivity contribution is -0.127. The zero-order chi connectivity index (χ0) is 27.9. The minimum Gasteiger partial charge on any atom is -0.449 e. The number of halogens is 5. The molecular weight excluding hydrogens is 540 g/mol. The average molecular weight is 565 g/mol. The van der Waals surface area contributed by atoms with Crippen LogP contribution in [-0.2, 0) is 9.53 Å². The monoisotopic (exact) mass is 564 g/mol. The molecule has 1 saturated heterocycles. The number of benzene rings is 2. The van der Waals surface area contributed by atoms with Gasteiger partial charge in [0.15, 0.2) is 16.6 Å². The van der Waals surface area contributed by atoms with Gasteiger partial charge in [0.25, 0.3) is 0 Å². The van der Waals surface area contributed by atoms with Gasteiger partial charge in [-0.05, 0) is 62.0 Å². The van der Waals surface area contributed by atoms with Gasteiger partial charge in [-0.3, -0.25) is 4.79 Å². The number of anilines is 1. The lowest BCUT2D eigenvalue weighted by Crippen LogP contribution is -2.58. The molecule has 5 rings (SSSR count). The summed E-state index contributed by atoms with van der Waals surface area (Å²) in [5.41, 5.74) is -2.16. The van der Waals surface area contributed by atoms with Crippen LogP contribution in [-0.4, -0.2) is 61.5 Å². The lowest BCUT2D eigenvalue weighted by atomic mass is 9.78. The Morgan fingerprint density at radius 2 is 1.82 bits per heavy atom. The van der Waals surface area contributed by atoms with Gasteiger partial charge in [0.05, 0.1) is 30.0 Å². The molecule has 0 unspecified atom stereocenters. The Labute approximate surface area is 227 Å². The standard InChI is InChI=1S/C27H25ClF4N4O3/c1-27(26(37)33-13-17-14-35(2)9-10-38-17)24(22-7-8-23(28)39-22)25(18-5-3-15(29)11-19(18)31)34-36(27)21-6-4-16(30)12-20(21)32/h3-8,11-12,17,24H,9-10,13-14H2,1-2H3,(H,33,37)/t17-,24-,27-/m0/s1. The van der Waals surface area contributed by atoms with Crippen LogP contribution in [0.4, 0.5) is 23.2 Å². The Hall–Kier alpha value is -3.41. The number of hydrazone groups is 1. The number of furan rings is 1. The molecule has 1 aromatic heterocycles. The number of nitrogens with zero attached hydrogens (tertiary/aromatic N) is 3. The normalized spacial score (nSPS) is 23.7. The Balaban J connectivity index is 1.63. The second-order valence-electron chi connectivity index (χ2n) is 9.70. The maximum Gasteiger partial charge on any atom is 0.249 e. The third-order valence-corrected chi connectivity index (χ3v) is 7.20. The summed E-state index contributed by atoms with van der Waals surface area (Å²) in [7, 11) is 1.93. The van der Waals surface area contributed by atoms with Crippen molar-refractivity contribution in [1.82, 2.24) is 10.2 Å². The van der Waals surface area contributed by atoms with Gasteiger partial charge in [0.2, 0.25) is 5.91 Å². The van der Waals surface area contributed by atoms with Gasteiger partial charge in [-0.25, -0.2) is 22.6 Å². The van der Waals surface area contributed by atoms with Crippen LogP contribution in [0.1, 0.15) is 24.2 Å². The highest BCUT2D eigenvalue weighted by molar-refractivity contribution is 6.28. The summed E-state index contributed by atoms with van der Waals surface area (Å²) in [5, 5.41) is 8.41. The maximum atomic E-state index is 15.1. The zero-order valence-electron chi connectivity index (χ0n) is 21.1. The quantitative estimate of drug-likeness (QED) is 0.440. The fourth-order valence-corrected chi connectivity index (χ4v) is 5.17. The number of hydrogen-bond acceptors (Lipinski definition) is 6. The van der Waals surface area contributed by atoms with Crippen LogP contribution in [0.25, 0.3) is 0 Å². The third-order valence-electron chi connectivity index (χ3n) is 7.00. The molecule has 0 saturated carbocycles. The molecule has 7 nitrogen and oxygen atoms in total. The number of carbonyl (C=O) groups is 1. The Morgan fingerprint density at radius 3 is 2.46 bits per heavy atom. The molecule has 2 aliphatic rings. The van der Waals surface area contributed by atoms with Crippen molar-refractivity contribution in [2.24, 2.45) is 5.10 Å². The van der Waals surface area contributed by atoms with E-state index >= 15 is 8.78 Å². The van der Waals surface area contributed by atoms with E-state index in [9.17, 15) is 13.6 Å². The van der Waals surface area contributed by atoms with Crippen LogP contribution < -0.4 is 10.3 Å². The van der Waals surface area contributed by atoms with Crippen LogP contribution in [0.2, 0.25) is 5.22 Å². The van der Waals surface area contributed by atoms with E-state index in [1.807, 2.05) is 7.05 Å². The first-order chi connectivity index (χ1) is 18.6. The molecule has 2 aliphatic heterocycles. The highest BCUT2D eigenvalue weighted by atomic mass is 35.5. The lowest BCUT2D eigenvalue weighted by Gasteiger charge is -2.37. The summed E-state index contributed by atoms with van der Waals surface area (Å²) in [5.74, 6) is -5.19. The Bertz CT molecular complexity index is 1430. The van der Waals surface area contributed by atoms with Crippen LogP contribution in [0.5, 0.6) is 0 Å². The molecule has 1 amide bonds. The molecule has 1 fully saturated rings. The fourth-order valence-electron chi connectivity index (χ4n) is 5.02. The molecule has 1 N–H and O–H groups in total. The minimum atomic E-state index is -1.77. The van der Waals surface area contributed by atoms with E-state index in [-0.39, 0.29) is 40.6 Å². The number of likely N-dealkylation sites (N-methyl/N-ethyl adjacent to an activating group) is 1. The van der Waals surface area contributed by atoms with Gasteiger partial charge < -0.3 is 19.4 Å². The van der Waals surface area contributed by atoms with Crippen molar-refractivity contribution in [2.45, 2.75) is 24.5 Å². The maximum absolute atomic E-state index is 15.1. The van der Waals surface area contributed by atoms with Crippen molar-refractivity contribution in [1.29, 1.82) is 0 Å². The molecule has 0 radical (unpaired) electrons.